The van der Waals surface area contributed by atoms with Crippen LogP contribution in [0, 0.1) is 10.1 Å². The quantitative estimate of drug-likeness (QED) is 0.661. The molecule has 2 rings (SSSR count). The molecule has 1 aromatic heterocycles. The van der Waals surface area contributed by atoms with Gasteiger partial charge in [-0.15, -0.1) is 11.3 Å². The van der Waals surface area contributed by atoms with Crippen molar-refractivity contribution < 1.29 is 14.8 Å². The molecule has 2 aromatic rings. The first-order valence-corrected chi connectivity index (χ1v) is 5.97. The number of aliphatic hydroxyl groups is 1. The van der Waals surface area contributed by atoms with Gasteiger partial charge >= 0.3 is 5.69 Å². The molecule has 0 saturated heterocycles. The van der Waals surface area contributed by atoms with E-state index in [-0.39, 0.29) is 24.7 Å². The van der Waals surface area contributed by atoms with Crippen molar-refractivity contribution in [3.05, 3.63) is 50.5 Å². The molecule has 6 nitrogen and oxygen atoms in total. The lowest BCUT2D eigenvalue weighted by Gasteiger charge is -2.06. The first kappa shape index (κ1) is 12.5. The predicted octanol–water partition coefficient (Wildman–Crippen LogP) is 2.12. The Morgan fingerprint density at radius 3 is 2.94 bits per heavy atom. The highest BCUT2D eigenvalue weighted by Gasteiger charge is 2.15. The molecule has 1 aromatic carbocycles. The van der Waals surface area contributed by atoms with Gasteiger partial charge in [0, 0.05) is 12.3 Å². The lowest BCUT2D eigenvalue weighted by Crippen LogP contribution is -1.99. The third-order valence-electron chi connectivity index (χ3n) is 2.26. The number of ether oxygens (including phenoxy) is 1. The molecule has 94 valence electrons. The third-order valence-corrected chi connectivity index (χ3v) is 3.01. The normalized spacial score (nSPS) is 10.3. The van der Waals surface area contributed by atoms with Crippen molar-refractivity contribution in [2.75, 3.05) is 0 Å². The standard InChI is InChI=1S/C11H10N2O4S/c14-5-8-1-2-10(13(15)16)11(3-8)17-6-9-4-12-7-18-9/h1-4,7,14H,5-6H2. The zero-order valence-corrected chi connectivity index (χ0v) is 10.1. The smallest absolute Gasteiger partial charge is 0.310 e. The molecule has 0 amide bonds. The summed E-state index contributed by atoms with van der Waals surface area (Å²) >= 11 is 1.41. The minimum absolute atomic E-state index is 0.114. The molecular weight excluding hydrogens is 256 g/mol. The highest BCUT2D eigenvalue weighted by atomic mass is 32.1. The number of aliphatic hydroxyl groups excluding tert-OH is 1. The van der Waals surface area contributed by atoms with Crippen molar-refractivity contribution in [1.29, 1.82) is 0 Å². The molecule has 1 N–H and O–H groups in total. The molecule has 0 bridgehead atoms. The molecule has 0 unspecified atom stereocenters. The van der Waals surface area contributed by atoms with E-state index >= 15 is 0 Å². The SMILES string of the molecule is O=[N+]([O-])c1ccc(CO)cc1OCc1cncs1. The fourth-order valence-electron chi connectivity index (χ4n) is 1.39. The molecule has 0 fully saturated rings. The van der Waals surface area contributed by atoms with Gasteiger partial charge in [-0.05, 0) is 17.7 Å². The van der Waals surface area contributed by atoms with Gasteiger partial charge in [0.05, 0.1) is 21.9 Å². The number of nitrogens with zero attached hydrogens (tertiary/aromatic N) is 2. The Morgan fingerprint density at radius 1 is 1.50 bits per heavy atom. The Labute approximate surface area is 107 Å². The van der Waals surface area contributed by atoms with Crippen LogP contribution >= 0.6 is 11.3 Å². The molecule has 7 heteroatoms. The Kier molecular flexibility index (Phi) is 3.85. The molecular formula is C11H10N2O4S. The van der Waals surface area contributed by atoms with Crippen molar-refractivity contribution in [3.8, 4) is 5.75 Å². The number of nitro benzene ring substituents is 1. The Hall–Kier alpha value is -1.99. The average Bonchev–Trinajstić information content (AvgIpc) is 2.88. The van der Waals surface area contributed by atoms with E-state index in [9.17, 15) is 10.1 Å². The molecule has 1 heterocycles. The number of thiazole rings is 1. The molecule has 0 spiro atoms. The number of benzene rings is 1. The van der Waals surface area contributed by atoms with Gasteiger partial charge < -0.3 is 9.84 Å². The lowest BCUT2D eigenvalue weighted by molar-refractivity contribution is -0.386. The number of hydrogen-bond donors (Lipinski definition) is 1. The van der Waals surface area contributed by atoms with Crippen LogP contribution in [0.4, 0.5) is 5.69 Å². The summed E-state index contributed by atoms with van der Waals surface area (Å²) in [5.74, 6) is 0.153. The van der Waals surface area contributed by atoms with Crippen molar-refractivity contribution in [2.24, 2.45) is 0 Å². The van der Waals surface area contributed by atoms with Gasteiger partial charge in [0.2, 0.25) is 0 Å². The zero-order chi connectivity index (χ0) is 13.0. The van der Waals surface area contributed by atoms with Gasteiger partial charge in [0.15, 0.2) is 5.75 Å². The fraction of sp³-hybridized carbons (Fsp3) is 0.182. The number of nitro groups is 1. The average molecular weight is 266 g/mol. The minimum Gasteiger partial charge on any atom is -0.481 e. The summed E-state index contributed by atoms with van der Waals surface area (Å²) in [7, 11) is 0. The van der Waals surface area contributed by atoms with E-state index in [2.05, 4.69) is 4.98 Å². The summed E-state index contributed by atoms with van der Waals surface area (Å²) in [4.78, 5) is 15.1. The maximum absolute atomic E-state index is 10.8. The first-order chi connectivity index (χ1) is 8.70. The summed E-state index contributed by atoms with van der Waals surface area (Å²) in [6.07, 6.45) is 1.65. The second-order valence-corrected chi connectivity index (χ2v) is 4.44. The number of hydrogen-bond acceptors (Lipinski definition) is 6. The summed E-state index contributed by atoms with van der Waals surface area (Å²) in [6, 6.07) is 4.30. The molecule has 0 aliphatic rings. The Morgan fingerprint density at radius 2 is 2.33 bits per heavy atom. The van der Waals surface area contributed by atoms with E-state index < -0.39 is 4.92 Å². The van der Waals surface area contributed by atoms with Crippen LogP contribution in [0.1, 0.15) is 10.4 Å². The van der Waals surface area contributed by atoms with Crippen LogP contribution in [-0.2, 0) is 13.2 Å². The maximum Gasteiger partial charge on any atom is 0.310 e. The van der Waals surface area contributed by atoms with Crippen LogP contribution in [0.5, 0.6) is 5.75 Å². The van der Waals surface area contributed by atoms with E-state index in [4.69, 9.17) is 9.84 Å². The van der Waals surface area contributed by atoms with Crippen molar-refractivity contribution in [2.45, 2.75) is 13.2 Å². The van der Waals surface area contributed by atoms with Crippen molar-refractivity contribution in [1.82, 2.24) is 4.98 Å². The summed E-state index contributed by atoms with van der Waals surface area (Å²) in [5.41, 5.74) is 2.12. The van der Waals surface area contributed by atoms with Gasteiger partial charge in [-0.25, -0.2) is 0 Å². The molecule has 0 radical (unpaired) electrons. The van der Waals surface area contributed by atoms with Gasteiger partial charge in [-0.2, -0.15) is 0 Å². The predicted molar refractivity (Wildman–Crippen MR) is 65.5 cm³/mol. The molecule has 0 saturated carbocycles. The Balaban J connectivity index is 2.20. The van der Waals surface area contributed by atoms with E-state index in [0.29, 0.717) is 5.56 Å². The largest absolute Gasteiger partial charge is 0.481 e. The van der Waals surface area contributed by atoms with Gasteiger partial charge in [0.1, 0.15) is 6.61 Å². The van der Waals surface area contributed by atoms with Crippen molar-refractivity contribution >= 4 is 17.0 Å². The third kappa shape index (κ3) is 2.82. The highest BCUT2D eigenvalue weighted by molar-refractivity contribution is 7.09. The van der Waals surface area contributed by atoms with E-state index in [0.717, 1.165) is 4.88 Å². The van der Waals surface area contributed by atoms with Crippen LogP contribution in [-0.4, -0.2) is 15.0 Å². The van der Waals surface area contributed by atoms with Gasteiger partial charge in [-0.3, -0.25) is 15.1 Å². The lowest BCUT2D eigenvalue weighted by atomic mass is 10.2. The summed E-state index contributed by atoms with van der Waals surface area (Å²) in [6.45, 7) is 0.0370. The van der Waals surface area contributed by atoms with E-state index in [1.165, 1.54) is 29.5 Å². The zero-order valence-electron chi connectivity index (χ0n) is 9.28. The van der Waals surface area contributed by atoms with Crippen LogP contribution in [0.15, 0.2) is 29.9 Å². The highest BCUT2D eigenvalue weighted by Crippen LogP contribution is 2.29. The molecule has 0 aliphatic carbocycles. The molecule has 0 aliphatic heterocycles. The van der Waals surface area contributed by atoms with E-state index in [1.54, 1.807) is 11.7 Å². The van der Waals surface area contributed by atoms with Crippen LogP contribution < -0.4 is 4.74 Å². The van der Waals surface area contributed by atoms with Crippen LogP contribution in [0.3, 0.4) is 0 Å². The van der Waals surface area contributed by atoms with E-state index in [1.807, 2.05) is 0 Å². The van der Waals surface area contributed by atoms with Crippen molar-refractivity contribution in [3.63, 3.8) is 0 Å². The van der Waals surface area contributed by atoms with Gasteiger partial charge in [-0.1, -0.05) is 0 Å². The fourth-order valence-corrected chi connectivity index (χ4v) is 1.89. The number of aromatic nitrogens is 1. The van der Waals surface area contributed by atoms with Crippen LogP contribution in [0.25, 0.3) is 0 Å². The monoisotopic (exact) mass is 266 g/mol. The Bertz CT molecular complexity index is 542. The number of rotatable bonds is 5. The molecule has 18 heavy (non-hydrogen) atoms. The topological polar surface area (TPSA) is 85.5 Å². The first-order valence-electron chi connectivity index (χ1n) is 5.09. The maximum atomic E-state index is 10.8. The molecule has 0 atom stereocenters. The second-order valence-electron chi connectivity index (χ2n) is 3.47. The summed E-state index contributed by atoms with van der Waals surface area (Å²) in [5, 5.41) is 19.8. The minimum atomic E-state index is -0.511. The second kappa shape index (κ2) is 5.56. The summed E-state index contributed by atoms with van der Waals surface area (Å²) < 4.78 is 5.40. The van der Waals surface area contributed by atoms with Crippen LogP contribution in [0.2, 0.25) is 0 Å². The van der Waals surface area contributed by atoms with Gasteiger partial charge in [0.25, 0.3) is 0 Å².